The van der Waals surface area contributed by atoms with Crippen LogP contribution in [0.3, 0.4) is 0 Å². The molecule has 2 rings (SSSR count). The third-order valence-electron chi connectivity index (χ3n) is 3.97. The molecule has 2 fully saturated rings. The molecule has 0 saturated carbocycles. The van der Waals surface area contributed by atoms with Gasteiger partial charge in [0.15, 0.2) is 0 Å². The zero-order valence-corrected chi connectivity index (χ0v) is 9.98. The lowest BCUT2D eigenvalue weighted by atomic mass is 10.0. The van der Waals surface area contributed by atoms with Gasteiger partial charge in [0.1, 0.15) is 0 Å². The van der Waals surface area contributed by atoms with Crippen LogP contribution < -0.4 is 5.73 Å². The van der Waals surface area contributed by atoms with E-state index in [-0.39, 0.29) is 0 Å². The van der Waals surface area contributed by atoms with Crippen LogP contribution in [0.5, 0.6) is 0 Å². The monoisotopic (exact) mass is 212 g/mol. The van der Waals surface area contributed by atoms with Gasteiger partial charge in [0.2, 0.25) is 0 Å². The number of nitrogens with zero attached hydrogens (tertiary/aromatic N) is 1. The average molecular weight is 212 g/mol. The first-order valence-corrected chi connectivity index (χ1v) is 6.28. The highest BCUT2D eigenvalue weighted by Crippen LogP contribution is 2.26. The molecule has 15 heavy (non-hydrogen) atoms. The SMILES string of the molecule is CC1CC(N2CCC(C(C)N)C2)CCO1. The Hall–Kier alpha value is -0.120. The zero-order valence-electron chi connectivity index (χ0n) is 9.98. The lowest BCUT2D eigenvalue weighted by Gasteiger charge is -2.34. The second-order valence-electron chi connectivity index (χ2n) is 5.26. The Bertz CT molecular complexity index is 208. The van der Waals surface area contributed by atoms with Crippen molar-refractivity contribution in [3.63, 3.8) is 0 Å². The highest BCUT2D eigenvalue weighted by atomic mass is 16.5. The molecule has 2 aliphatic rings. The van der Waals surface area contributed by atoms with Crippen LogP contribution in [0, 0.1) is 5.92 Å². The largest absolute Gasteiger partial charge is 0.378 e. The fourth-order valence-electron chi connectivity index (χ4n) is 2.88. The predicted molar refractivity (Wildman–Crippen MR) is 61.8 cm³/mol. The zero-order chi connectivity index (χ0) is 10.8. The van der Waals surface area contributed by atoms with Gasteiger partial charge in [-0.1, -0.05) is 0 Å². The van der Waals surface area contributed by atoms with Crippen molar-refractivity contribution < 1.29 is 4.74 Å². The predicted octanol–water partition coefficient (Wildman–Crippen LogP) is 1.22. The minimum absolute atomic E-state index is 0.354. The van der Waals surface area contributed by atoms with Crippen molar-refractivity contribution in [2.24, 2.45) is 11.7 Å². The topological polar surface area (TPSA) is 38.5 Å². The van der Waals surface area contributed by atoms with Gasteiger partial charge < -0.3 is 10.5 Å². The Kier molecular flexibility index (Phi) is 3.65. The van der Waals surface area contributed by atoms with Crippen LogP contribution >= 0.6 is 0 Å². The standard InChI is InChI=1S/C12H24N2O/c1-9-7-12(4-6-15-9)14-5-3-11(8-14)10(2)13/h9-12H,3-8,13H2,1-2H3. The van der Waals surface area contributed by atoms with E-state index in [1.165, 1.54) is 32.4 Å². The quantitative estimate of drug-likeness (QED) is 0.748. The summed E-state index contributed by atoms with van der Waals surface area (Å²) in [4.78, 5) is 2.63. The first kappa shape index (κ1) is 11.4. The van der Waals surface area contributed by atoms with Crippen LogP contribution in [0.25, 0.3) is 0 Å². The normalized spacial score (nSPS) is 40.6. The molecule has 0 aromatic heterocycles. The molecule has 3 nitrogen and oxygen atoms in total. The van der Waals surface area contributed by atoms with E-state index in [0.29, 0.717) is 18.1 Å². The molecule has 4 unspecified atom stereocenters. The Morgan fingerprint density at radius 2 is 2.20 bits per heavy atom. The Morgan fingerprint density at radius 1 is 1.40 bits per heavy atom. The van der Waals surface area contributed by atoms with Gasteiger partial charge in [0.25, 0.3) is 0 Å². The van der Waals surface area contributed by atoms with Crippen molar-refractivity contribution in [3.8, 4) is 0 Å². The van der Waals surface area contributed by atoms with E-state index >= 15 is 0 Å². The number of nitrogens with two attached hydrogens (primary N) is 1. The summed E-state index contributed by atoms with van der Waals surface area (Å²) < 4.78 is 5.59. The van der Waals surface area contributed by atoms with Crippen LogP contribution in [0.2, 0.25) is 0 Å². The fraction of sp³-hybridized carbons (Fsp3) is 1.00. The van der Waals surface area contributed by atoms with Gasteiger partial charge in [-0.2, -0.15) is 0 Å². The van der Waals surface area contributed by atoms with Gasteiger partial charge in [0.05, 0.1) is 6.10 Å². The average Bonchev–Trinajstić information content (AvgIpc) is 2.66. The molecule has 0 aromatic carbocycles. The second kappa shape index (κ2) is 4.81. The molecule has 0 bridgehead atoms. The molecule has 3 heteroatoms. The van der Waals surface area contributed by atoms with E-state index in [9.17, 15) is 0 Å². The minimum atomic E-state index is 0.354. The highest BCUT2D eigenvalue weighted by Gasteiger charge is 2.32. The van der Waals surface area contributed by atoms with Gasteiger partial charge in [-0.15, -0.1) is 0 Å². The Labute approximate surface area is 93.0 Å². The molecule has 0 aromatic rings. The minimum Gasteiger partial charge on any atom is -0.378 e. The summed E-state index contributed by atoms with van der Waals surface area (Å²) in [6.07, 6.45) is 4.13. The molecule has 0 amide bonds. The Morgan fingerprint density at radius 3 is 2.80 bits per heavy atom. The third kappa shape index (κ3) is 2.71. The summed E-state index contributed by atoms with van der Waals surface area (Å²) in [6, 6.07) is 1.10. The maximum Gasteiger partial charge on any atom is 0.0561 e. The lowest BCUT2D eigenvalue weighted by Crippen LogP contribution is -2.41. The smallest absolute Gasteiger partial charge is 0.0561 e. The highest BCUT2D eigenvalue weighted by molar-refractivity contribution is 4.87. The van der Waals surface area contributed by atoms with Crippen molar-refractivity contribution in [3.05, 3.63) is 0 Å². The van der Waals surface area contributed by atoms with Crippen LogP contribution in [0.15, 0.2) is 0 Å². The van der Waals surface area contributed by atoms with E-state index in [4.69, 9.17) is 10.5 Å². The molecule has 2 N–H and O–H groups in total. The van der Waals surface area contributed by atoms with Crippen LogP contribution in [-0.4, -0.2) is 42.8 Å². The van der Waals surface area contributed by atoms with Crippen LogP contribution in [0.4, 0.5) is 0 Å². The van der Waals surface area contributed by atoms with Crippen LogP contribution in [-0.2, 0) is 4.74 Å². The summed E-state index contributed by atoms with van der Waals surface area (Å²) in [7, 11) is 0. The lowest BCUT2D eigenvalue weighted by molar-refractivity contribution is -0.0130. The molecule has 0 radical (unpaired) electrons. The Balaban J connectivity index is 1.84. The van der Waals surface area contributed by atoms with Crippen molar-refractivity contribution in [2.75, 3.05) is 19.7 Å². The fourth-order valence-corrected chi connectivity index (χ4v) is 2.88. The molecule has 0 aliphatic carbocycles. The number of rotatable bonds is 2. The third-order valence-corrected chi connectivity index (χ3v) is 3.97. The van der Waals surface area contributed by atoms with E-state index in [2.05, 4.69) is 18.7 Å². The number of likely N-dealkylation sites (tertiary alicyclic amines) is 1. The molecule has 2 aliphatic heterocycles. The summed E-state index contributed by atoms with van der Waals surface area (Å²) >= 11 is 0. The van der Waals surface area contributed by atoms with Crippen molar-refractivity contribution >= 4 is 0 Å². The summed E-state index contributed by atoms with van der Waals surface area (Å²) in [5.41, 5.74) is 5.97. The first-order valence-electron chi connectivity index (χ1n) is 6.28. The van der Waals surface area contributed by atoms with Gasteiger partial charge in [-0.05, 0) is 45.6 Å². The molecule has 4 atom stereocenters. The van der Waals surface area contributed by atoms with E-state index in [1.807, 2.05) is 0 Å². The second-order valence-corrected chi connectivity index (χ2v) is 5.26. The molecule has 0 spiro atoms. The number of ether oxygens (including phenoxy) is 1. The molecular formula is C12H24N2O. The van der Waals surface area contributed by atoms with Gasteiger partial charge >= 0.3 is 0 Å². The van der Waals surface area contributed by atoms with Crippen molar-refractivity contribution in [1.29, 1.82) is 0 Å². The maximum atomic E-state index is 5.97. The van der Waals surface area contributed by atoms with Gasteiger partial charge in [-0.3, -0.25) is 4.90 Å². The van der Waals surface area contributed by atoms with Crippen LogP contribution in [0.1, 0.15) is 33.1 Å². The first-order chi connectivity index (χ1) is 7.16. The van der Waals surface area contributed by atoms with Gasteiger partial charge in [0, 0.05) is 25.2 Å². The molecule has 88 valence electrons. The molecule has 2 heterocycles. The number of hydrogen-bond acceptors (Lipinski definition) is 3. The van der Waals surface area contributed by atoms with Crippen molar-refractivity contribution in [1.82, 2.24) is 4.90 Å². The molecular weight excluding hydrogens is 188 g/mol. The molecule has 2 saturated heterocycles. The summed E-state index contributed by atoms with van der Waals surface area (Å²) in [6.45, 7) is 7.70. The summed E-state index contributed by atoms with van der Waals surface area (Å²) in [5, 5.41) is 0. The van der Waals surface area contributed by atoms with E-state index < -0.39 is 0 Å². The van der Waals surface area contributed by atoms with Gasteiger partial charge in [-0.25, -0.2) is 0 Å². The summed E-state index contributed by atoms with van der Waals surface area (Å²) in [5.74, 6) is 0.711. The van der Waals surface area contributed by atoms with E-state index in [0.717, 1.165) is 12.6 Å². The number of hydrogen-bond donors (Lipinski definition) is 1. The maximum absolute atomic E-state index is 5.97. The van der Waals surface area contributed by atoms with E-state index in [1.54, 1.807) is 0 Å². The van der Waals surface area contributed by atoms with Crippen molar-refractivity contribution in [2.45, 2.75) is 51.3 Å².